The predicted molar refractivity (Wildman–Crippen MR) is 96.0 cm³/mol. The number of aryl methyl sites for hydroxylation is 1. The average molecular weight is 342 g/mol. The van der Waals surface area contributed by atoms with E-state index < -0.39 is 0 Å². The van der Waals surface area contributed by atoms with Crippen molar-refractivity contribution in [3.63, 3.8) is 0 Å². The number of urea groups is 1. The molecule has 0 spiro atoms. The summed E-state index contributed by atoms with van der Waals surface area (Å²) in [6.07, 6.45) is 5.51. The minimum atomic E-state index is -0.0466. The first-order chi connectivity index (χ1) is 12.0. The van der Waals surface area contributed by atoms with Crippen molar-refractivity contribution in [2.75, 3.05) is 26.2 Å². The van der Waals surface area contributed by atoms with Crippen LogP contribution in [0.1, 0.15) is 29.8 Å². The van der Waals surface area contributed by atoms with E-state index >= 15 is 0 Å². The lowest BCUT2D eigenvalue weighted by Gasteiger charge is -2.35. The van der Waals surface area contributed by atoms with Gasteiger partial charge < -0.3 is 10.2 Å². The number of carbonyl (C=O) groups excluding carboxylic acids is 1. The van der Waals surface area contributed by atoms with E-state index in [2.05, 4.69) is 26.4 Å². The topological polar surface area (TPSA) is 66.3 Å². The number of pyridine rings is 1. The van der Waals surface area contributed by atoms with Crippen LogP contribution in [0.25, 0.3) is 0 Å². The van der Waals surface area contributed by atoms with Gasteiger partial charge in [0.25, 0.3) is 0 Å². The van der Waals surface area contributed by atoms with E-state index in [-0.39, 0.29) is 12.1 Å². The molecule has 2 aromatic rings. The van der Waals surface area contributed by atoms with Crippen LogP contribution in [0, 0.1) is 6.92 Å². The predicted octanol–water partition coefficient (Wildman–Crippen LogP) is 1.71. The molecule has 2 aromatic heterocycles. The number of hydrogen-bond acceptors (Lipinski definition) is 4. The second kappa shape index (κ2) is 7.65. The number of amides is 2. The Morgan fingerprint density at radius 3 is 2.64 bits per heavy atom. The summed E-state index contributed by atoms with van der Waals surface area (Å²) in [6.45, 7) is 8.14. The Labute approximate surface area is 148 Å². The van der Waals surface area contributed by atoms with Crippen molar-refractivity contribution in [2.24, 2.45) is 7.05 Å². The normalized spacial score (nSPS) is 16.7. The van der Waals surface area contributed by atoms with Crippen LogP contribution in [0.15, 0.2) is 30.7 Å². The highest BCUT2D eigenvalue weighted by Gasteiger charge is 2.23. The third kappa shape index (κ3) is 4.17. The molecule has 1 saturated heterocycles. The number of hydrogen-bond donors (Lipinski definition) is 1. The molecule has 0 saturated carbocycles. The summed E-state index contributed by atoms with van der Waals surface area (Å²) in [5.41, 5.74) is 3.35. The van der Waals surface area contributed by atoms with E-state index in [0.717, 1.165) is 44.0 Å². The van der Waals surface area contributed by atoms with Gasteiger partial charge in [-0.1, -0.05) is 6.07 Å². The second-order valence-corrected chi connectivity index (χ2v) is 6.60. The van der Waals surface area contributed by atoms with Crippen molar-refractivity contribution in [3.05, 3.63) is 47.5 Å². The fourth-order valence-electron chi connectivity index (χ4n) is 3.15. The van der Waals surface area contributed by atoms with Crippen LogP contribution in [0.2, 0.25) is 0 Å². The number of aromatic nitrogens is 3. The largest absolute Gasteiger partial charge is 0.331 e. The standard InChI is InChI=1S/C18H26N6O/c1-14(17-12-20-22(3)15(17)2)21-18(25)24-9-7-23(8-10-24)13-16-5-4-6-19-11-16/h4-6,11-12,14H,7-10,13H2,1-3H3,(H,21,25)/t14-/m0/s1. The molecular formula is C18H26N6O. The van der Waals surface area contributed by atoms with Crippen LogP contribution < -0.4 is 5.32 Å². The molecule has 1 fully saturated rings. The van der Waals surface area contributed by atoms with Crippen LogP contribution in [-0.2, 0) is 13.6 Å². The summed E-state index contributed by atoms with van der Waals surface area (Å²) in [5, 5.41) is 7.34. The zero-order valence-electron chi connectivity index (χ0n) is 15.1. The molecule has 0 radical (unpaired) electrons. The monoisotopic (exact) mass is 342 g/mol. The van der Waals surface area contributed by atoms with Crippen LogP contribution in [0.5, 0.6) is 0 Å². The van der Waals surface area contributed by atoms with Crippen molar-refractivity contribution >= 4 is 6.03 Å². The van der Waals surface area contributed by atoms with Crippen molar-refractivity contribution in [1.29, 1.82) is 0 Å². The molecule has 3 heterocycles. The van der Waals surface area contributed by atoms with Crippen molar-refractivity contribution in [1.82, 2.24) is 29.9 Å². The Balaban J connectivity index is 1.49. The number of carbonyl (C=O) groups is 1. The van der Waals surface area contributed by atoms with E-state index in [1.165, 1.54) is 5.56 Å². The first-order valence-corrected chi connectivity index (χ1v) is 8.70. The Hall–Kier alpha value is -2.41. The molecule has 1 aliphatic heterocycles. The Bertz CT molecular complexity index is 706. The maximum absolute atomic E-state index is 12.5. The molecule has 7 nitrogen and oxygen atoms in total. The number of rotatable bonds is 4. The number of nitrogens with one attached hydrogen (secondary N) is 1. The van der Waals surface area contributed by atoms with E-state index in [9.17, 15) is 4.79 Å². The summed E-state index contributed by atoms with van der Waals surface area (Å²) < 4.78 is 1.83. The molecule has 7 heteroatoms. The fourth-order valence-corrected chi connectivity index (χ4v) is 3.15. The molecule has 3 rings (SSSR count). The van der Waals surface area contributed by atoms with E-state index in [0.29, 0.717) is 0 Å². The van der Waals surface area contributed by atoms with E-state index in [1.807, 2.05) is 48.9 Å². The first-order valence-electron chi connectivity index (χ1n) is 8.70. The van der Waals surface area contributed by atoms with Gasteiger partial charge >= 0.3 is 6.03 Å². The smallest absolute Gasteiger partial charge is 0.317 e. The lowest BCUT2D eigenvalue weighted by molar-refractivity contribution is 0.133. The van der Waals surface area contributed by atoms with Crippen LogP contribution in [0.3, 0.4) is 0 Å². The van der Waals surface area contributed by atoms with Gasteiger partial charge in [0, 0.05) is 63.4 Å². The van der Waals surface area contributed by atoms with Gasteiger partial charge in [0.1, 0.15) is 0 Å². The average Bonchev–Trinajstić information content (AvgIpc) is 2.95. The summed E-state index contributed by atoms with van der Waals surface area (Å²) in [4.78, 5) is 20.9. The summed E-state index contributed by atoms with van der Waals surface area (Å²) in [5.74, 6) is 0. The number of nitrogens with zero attached hydrogens (tertiary/aromatic N) is 5. The third-order valence-electron chi connectivity index (χ3n) is 4.87. The molecule has 134 valence electrons. The Kier molecular flexibility index (Phi) is 5.33. The van der Waals surface area contributed by atoms with Gasteiger partial charge in [-0.05, 0) is 25.5 Å². The Morgan fingerprint density at radius 1 is 1.28 bits per heavy atom. The molecule has 1 atom stereocenters. The summed E-state index contributed by atoms with van der Waals surface area (Å²) in [6, 6.07) is 4.00. The molecule has 1 aliphatic rings. The van der Waals surface area contributed by atoms with Gasteiger partial charge in [-0.15, -0.1) is 0 Å². The summed E-state index contributed by atoms with van der Waals surface area (Å²) >= 11 is 0. The van der Waals surface area contributed by atoms with Gasteiger partial charge in [0.15, 0.2) is 0 Å². The van der Waals surface area contributed by atoms with Gasteiger partial charge in [-0.2, -0.15) is 5.10 Å². The molecule has 2 amide bonds. The van der Waals surface area contributed by atoms with Crippen LogP contribution >= 0.6 is 0 Å². The SMILES string of the molecule is Cc1c([C@H](C)NC(=O)N2CCN(Cc3cccnc3)CC2)cnn1C. The fraction of sp³-hybridized carbons (Fsp3) is 0.500. The van der Waals surface area contributed by atoms with E-state index in [1.54, 1.807) is 6.20 Å². The van der Waals surface area contributed by atoms with Gasteiger partial charge in [-0.25, -0.2) is 4.79 Å². The second-order valence-electron chi connectivity index (χ2n) is 6.60. The zero-order valence-corrected chi connectivity index (χ0v) is 15.1. The van der Waals surface area contributed by atoms with Gasteiger partial charge in [0.2, 0.25) is 0 Å². The summed E-state index contributed by atoms with van der Waals surface area (Å²) in [7, 11) is 1.91. The van der Waals surface area contributed by atoms with Crippen molar-refractivity contribution in [3.8, 4) is 0 Å². The number of piperazine rings is 1. The third-order valence-corrected chi connectivity index (χ3v) is 4.87. The maximum atomic E-state index is 12.5. The lowest BCUT2D eigenvalue weighted by atomic mass is 10.1. The molecule has 25 heavy (non-hydrogen) atoms. The maximum Gasteiger partial charge on any atom is 0.317 e. The molecule has 0 aromatic carbocycles. The van der Waals surface area contributed by atoms with Crippen LogP contribution in [0.4, 0.5) is 4.79 Å². The van der Waals surface area contributed by atoms with E-state index in [4.69, 9.17) is 0 Å². The van der Waals surface area contributed by atoms with Crippen molar-refractivity contribution in [2.45, 2.75) is 26.4 Å². The molecule has 0 unspecified atom stereocenters. The zero-order chi connectivity index (χ0) is 17.8. The lowest BCUT2D eigenvalue weighted by Crippen LogP contribution is -2.51. The molecule has 1 N–H and O–H groups in total. The van der Waals surface area contributed by atoms with Crippen molar-refractivity contribution < 1.29 is 4.79 Å². The minimum Gasteiger partial charge on any atom is -0.331 e. The van der Waals surface area contributed by atoms with Gasteiger partial charge in [-0.3, -0.25) is 14.6 Å². The first kappa shape index (κ1) is 17.4. The Morgan fingerprint density at radius 2 is 2.04 bits per heavy atom. The molecule has 0 aliphatic carbocycles. The molecular weight excluding hydrogens is 316 g/mol. The van der Waals surface area contributed by atoms with Crippen LogP contribution in [-0.4, -0.2) is 56.8 Å². The highest BCUT2D eigenvalue weighted by molar-refractivity contribution is 5.74. The molecule has 0 bridgehead atoms. The highest BCUT2D eigenvalue weighted by Crippen LogP contribution is 2.16. The minimum absolute atomic E-state index is 0.00298. The van der Waals surface area contributed by atoms with Gasteiger partial charge in [0.05, 0.1) is 12.2 Å². The highest BCUT2D eigenvalue weighted by atomic mass is 16.2. The quantitative estimate of drug-likeness (QED) is 0.919.